The van der Waals surface area contributed by atoms with E-state index in [1.165, 1.54) is 17.6 Å². The van der Waals surface area contributed by atoms with Crippen LogP contribution in [0.3, 0.4) is 0 Å². The van der Waals surface area contributed by atoms with Crippen LogP contribution < -0.4 is 0 Å². The molecule has 1 unspecified atom stereocenters. The molecule has 0 aromatic heterocycles. The molecule has 0 aromatic rings. The zero-order chi connectivity index (χ0) is 15.0. The molecule has 4 rings (SSSR count). The van der Waals surface area contributed by atoms with Gasteiger partial charge in [0.15, 0.2) is 0 Å². The highest BCUT2D eigenvalue weighted by Gasteiger charge is 2.66. The predicted octanol–water partition coefficient (Wildman–Crippen LogP) is 2.16. The molecule has 4 nitrogen and oxygen atoms in total. The molecule has 5 atom stereocenters. The summed E-state index contributed by atoms with van der Waals surface area (Å²) in [5.41, 5.74) is 2.22. The molecule has 4 heteroatoms. The zero-order valence-electron chi connectivity index (χ0n) is 12.8. The van der Waals surface area contributed by atoms with Crippen LogP contribution in [0.5, 0.6) is 0 Å². The van der Waals surface area contributed by atoms with Gasteiger partial charge in [-0.15, -0.1) is 0 Å². The summed E-state index contributed by atoms with van der Waals surface area (Å²) in [4.78, 5) is 0. The third-order valence-corrected chi connectivity index (χ3v) is 5.71. The number of ether oxygens (including phenoxy) is 3. The molecule has 1 aliphatic heterocycles. The summed E-state index contributed by atoms with van der Waals surface area (Å²) in [6, 6.07) is 0. The molecule has 4 aliphatic rings. The van der Waals surface area contributed by atoms with Crippen LogP contribution in [0.25, 0.3) is 0 Å². The first-order valence-corrected chi connectivity index (χ1v) is 7.53. The van der Waals surface area contributed by atoms with Crippen LogP contribution in [0.1, 0.15) is 20.3 Å². The van der Waals surface area contributed by atoms with E-state index in [9.17, 15) is 5.11 Å². The van der Waals surface area contributed by atoms with Gasteiger partial charge in [0.05, 0.1) is 0 Å². The summed E-state index contributed by atoms with van der Waals surface area (Å²) in [6.07, 6.45) is 3.08. The molecule has 0 radical (unpaired) electrons. The molecule has 2 saturated carbocycles. The number of rotatable bonds is 3. The van der Waals surface area contributed by atoms with Crippen molar-refractivity contribution in [1.29, 1.82) is 0 Å². The quantitative estimate of drug-likeness (QED) is 0.809. The lowest BCUT2D eigenvalue weighted by molar-refractivity contribution is -0.111. The van der Waals surface area contributed by atoms with Gasteiger partial charge in [-0.25, -0.2) is 0 Å². The Kier molecular flexibility index (Phi) is 2.58. The van der Waals surface area contributed by atoms with Gasteiger partial charge in [0.1, 0.15) is 30.9 Å². The lowest BCUT2D eigenvalue weighted by Crippen LogP contribution is -2.41. The molecule has 1 heterocycles. The molecule has 114 valence electrons. The lowest BCUT2D eigenvalue weighted by Gasteiger charge is -2.40. The average molecular weight is 290 g/mol. The predicted molar refractivity (Wildman–Crippen MR) is 77.3 cm³/mol. The summed E-state index contributed by atoms with van der Waals surface area (Å²) in [5.74, 6) is 1.92. The summed E-state index contributed by atoms with van der Waals surface area (Å²) in [5, 5.41) is 10.6. The van der Waals surface area contributed by atoms with Crippen LogP contribution in [0.2, 0.25) is 0 Å². The molecule has 1 N–H and O–H groups in total. The SMILES string of the molecule is C=C1C2=CC3=C(OCC3(C)O)[C@@H](OCOC)[C@@]2(C)[C@@H]2C[C@H]12. The van der Waals surface area contributed by atoms with Crippen molar-refractivity contribution in [2.24, 2.45) is 17.3 Å². The van der Waals surface area contributed by atoms with Gasteiger partial charge in [-0.2, -0.15) is 0 Å². The third-order valence-electron chi connectivity index (χ3n) is 5.71. The van der Waals surface area contributed by atoms with Gasteiger partial charge in [-0.1, -0.05) is 13.5 Å². The first-order chi connectivity index (χ1) is 9.91. The highest BCUT2D eigenvalue weighted by Crippen LogP contribution is 2.71. The Morgan fingerprint density at radius 3 is 2.95 bits per heavy atom. The maximum atomic E-state index is 10.6. The van der Waals surface area contributed by atoms with E-state index in [0.717, 1.165) is 11.3 Å². The molecular formula is C17H22O4. The van der Waals surface area contributed by atoms with E-state index in [0.29, 0.717) is 11.8 Å². The largest absolute Gasteiger partial charge is 0.491 e. The molecule has 0 aromatic carbocycles. The van der Waals surface area contributed by atoms with Gasteiger partial charge in [0.25, 0.3) is 0 Å². The van der Waals surface area contributed by atoms with Crippen molar-refractivity contribution in [1.82, 2.24) is 0 Å². The topological polar surface area (TPSA) is 47.9 Å². The first kappa shape index (κ1) is 13.6. The standard InChI is InChI=1S/C17H22O4/c1-9-10-5-12(10)17(3)11(9)6-13-14(15(17)21-8-19-4)20-7-16(13,2)18/h6,10,12,15,18H,1,5,7-8H2,2-4H3/t10-,12-,15-,16?,17-/m1/s1. The van der Waals surface area contributed by atoms with Gasteiger partial charge < -0.3 is 19.3 Å². The second kappa shape index (κ2) is 4.00. The average Bonchev–Trinajstić information content (AvgIpc) is 3.13. The van der Waals surface area contributed by atoms with Crippen LogP contribution >= 0.6 is 0 Å². The third kappa shape index (κ3) is 1.56. The number of aliphatic hydroxyl groups is 1. The summed E-state index contributed by atoms with van der Waals surface area (Å²) in [6.45, 7) is 8.82. The Morgan fingerprint density at radius 2 is 2.24 bits per heavy atom. The maximum absolute atomic E-state index is 10.6. The van der Waals surface area contributed by atoms with E-state index in [1.54, 1.807) is 14.0 Å². The normalized spacial score (nSPS) is 46.8. The maximum Gasteiger partial charge on any atom is 0.147 e. The van der Waals surface area contributed by atoms with E-state index in [1.807, 2.05) is 0 Å². The zero-order valence-corrected chi connectivity index (χ0v) is 12.8. The van der Waals surface area contributed by atoms with E-state index >= 15 is 0 Å². The summed E-state index contributed by atoms with van der Waals surface area (Å²) >= 11 is 0. The molecular weight excluding hydrogens is 268 g/mol. The van der Waals surface area contributed by atoms with Gasteiger partial charge in [-0.05, 0) is 42.4 Å². The van der Waals surface area contributed by atoms with Crippen LogP contribution in [-0.2, 0) is 14.2 Å². The van der Waals surface area contributed by atoms with Crippen molar-refractivity contribution >= 4 is 0 Å². The Labute approximate surface area is 125 Å². The van der Waals surface area contributed by atoms with Gasteiger partial charge in [0.2, 0.25) is 0 Å². The second-order valence-corrected chi connectivity index (χ2v) is 7.11. The van der Waals surface area contributed by atoms with Crippen LogP contribution in [-0.4, -0.2) is 37.3 Å². The monoisotopic (exact) mass is 290 g/mol. The van der Waals surface area contributed by atoms with E-state index < -0.39 is 5.60 Å². The van der Waals surface area contributed by atoms with Gasteiger partial charge >= 0.3 is 0 Å². The van der Waals surface area contributed by atoms with Crippen LogP contribution in [0.4, 0.5) is 0 Å². The first-order valence-electron chi connectivity index (χ1n) is 7.53. The van der Waals surface area contributed by atoms with E-state index in [2.05, 4.69) is 19.6 Å². The minimum absolute atomic E-state index is 0.112. The summed E-state index contributed by atoms with van der Waals surface area (Å²) < 4.78 is 16.9. The Balaban J connectivity index is 1.83. The van der Waals surface area contributed by atoms with E-state index in [4.69, 9.17) is 14.2 Å². The fraction of sp³-hybridized carbons (Fsp3) is 0.647. The number of hydrogen-bond donors (Lipinski definition) is 1. The number of fused-ring (bicyclic) bond motifs is 3. The van der Waals surface area contributed by atoms with Crippen molar-refractivity contribution in [2.75, 3.05) is 20.5 Å². The van der Waals surface area contributed by atoms with Crippen LogP contribution in [0, 0.1) is 17.3 Å². The minimum atomic E-state index is -0.953. The Bertz CT molecular complexity index is 586. The second-order valence-electron chi connectivity index (χ2n) is 7.11. The van der Waals surface area contributed by atoms with E-state index in [-0.39, 0.29) is 24.9 Å². The molecule has 2 fully saturated rings. The highest BCUT2D eigenvalue weighted by molar-refractivity contribution is 5.58. The van der Waals surface area contributed by atoms with Crippen molar-refractivity contribution in [3.63, 3.8) is 0 Å². The molecule has 0 spiro atoms. The van der Waals surface area contributed by atoms with Gasteiger partial charge in [-0.3, -0.25) is 0 Å². The molecule has 3 aliphatic carbocycles. The lowest BCUT2D eigenvalue weighted by atomic mass is 9.69. The molecule has 0 bridgehead atoms. The number of methoxy groups -OCH3 is 1. The minimum Gasteiger partial charge on any atom is -0.491 e. The smallest absolute Gasteiger partial charge is 0.147 e. The highest BCUT2D eigenvalue weighted by atomic mass is 16.7. The van der Waals surface area contributed by atoms with Crippen molar-refractivity contribution in [2.45, 2.75) is 32.0 Å². The molecule has 21 heavy (non-hydrogen) atoms. The molecule has 0 amide bonds. The number of allylic oxidation sites excluding steroid dienone is 1. The fourth-order valence-corrected chi connectivity index (χ4v) is 4.46. The van der Waals surface area contributed by atoms with Crippen molar-refractivity contribution in [3.05, 3.63) is 35.1 Å². The fourth-order valence-electron chi connectivity index (χ4n) is 4.46. The van der Waals surface area contributed by atoms with Crippen LogP contribution in [0.15, 0.2) is 35.1 Å². The summed E-state index contributed by atoms with van der Waals surface area (Å²) in [7, 11) is 1.62. The number of hydrogen-bond acceptors (Lipinski definition) is 4. The van der Waals surface area contributed by atoms with Gasteiger partial charge in [0, 0.05) is 18.1 Å². The Morgan fingerprint density at radius 1 is 1.48 bits per heavy atom. The van der Waals surface area contributed by atoms with Crippen molar-refractivity contribution < 1.29 is 19.3 Å². The van der Waals surface area contributed by atoms with Crippen molar-refractivity contribution in [3.8, 4) is 0 Å². The Hall–Kier alpha value is -1.10. The molecule has 0 saturated heterocycles.